The second kappa shape index (κ2) is 5.81. The molecule has 2 heterocycles. The lowest BCUT2D eigenvalue weighted by molar-refractivity contribution is -0.115. The Morgan fingerprint density at radius 1 is 1.42 bits per heavy atom. The summed E-state index contributed by atoms with van der Waals surface area (Å²) in [6.45, 7) is 0. The largest absolute Gasteiger partial charge is 0.301 e. The summed E-state index contributed by atoms with van der Waals surface area (Å²) in [5.41, 5.74) is 1.05. The van der Waals surface area contributed by atoms with Crippen molar-refractivity contribution in [2.75, 3.05) is 0 Å². The quantitative estimate of drug-likeness (QED) is 0.813. The lowest BCUT2D eigenvalue weighted by Gasteiger charge is -2.02. The first-order valence-electron chi connectivity index (χ1n) is 6.23. The van der Waals surface area contributed by atoms with Gasteiger partial charge in [0.1, 0.15) is 0 Å². The van der Waals surface area contributed by atoms with Crippen molar-refractivity contribution in [1.29, 1.82) is 0 Å². The van der Waals surface area contributed by atoms with Crippen LogP contribution >= 0.6 is 39.0 Å². The Hall–Kier alpha value is -0.590. The van der Waals surface area contributed by atoms with Crippen molar-refractivity contribution < 1.29 is 4.79 Å². The number of nitrogens with one attached hydrogen (secondary N) is 1. The van der Waals surface area contributed by atoms with Crippen molar-refractivity contribution in [3.63, 3.8) is 0 Å². The molecule has 19 heavy (non-hydrogen) atoms. The molecule has 1 amide bonds. The summed E-state index contributed by atoms with van der Waals surface area (Å²) in [6, 6.07) is 2.41. The summed E-state index contributed by atoms with van der Waals surface area (Å²) >= 11 is 6.49. The zero-order chi connectivity index (χ0) is 13.2. The molecular formula is C13H13BrN2OS2. The van der Waals surface area contributed by atoms with Crippen LogP contribution in [0.1, 0.15) is 31.2 Å². The summed E-state index contributed by atoms with van der Waals surface area (Å²) in [4.78, 5) is 17.2. The average molecular weight is 357 g/mol. The Morgan fingerprint density at radius 2 is 2.21 bits per heavy atom. The fraction of sp³-hybridized carbons (Fsp3) is 0.385. The van der Waals surface area contributed by atoms with Gasteiger partial charge in [0.25, 0.3) is 5.91 Å². The molecule has 1 aromatic rings. The van der Waals surface area contributed by atoms with Crippen LogP contribution in [0.3, 0.4) is 0 Å². The molecule has 6 heteroatoms. The zero-order valence-electron chi connectivity index (χ0n) is 10.2. The second-order valence-electron chi connectivity index (χ2n) is 4.62. The van der Waals surface area contributed by atoms with Crippen molar-refractivity contribution in [2.45, 2.75) is 31.7 Å². The van der Waals surface area contributed by atoms with Crippen LogP contribution in [0.15, 0.2) is 25.1 Å². The molecule has 0 atom stereocenters. The molecule has 3 nitrogen and oxygen atoms in total. The minimum absolute atomic E-state index is 0.0379. The molecule has 0 aromatic carbocycles. The Labute approximate surface area is 128 Å². The van der Waals surface area contributed by atoms with E-state index in [9.17, 15) is 4.79 Å². The number of amidine groups is 1. The molecule has 1 saturated heterocycles. The van der Waals surface area contributed by atoms with Gasteiger partial charge >= 0.3 is 0 Å². The number of hydrogen-bond acceptors (Lipinski definition) is 4. The van der Waals surface area contributed by atoms with E-state index in [4.69, 9.17) is 0 Å². The molecule has 1 aliphatic heterocycles. The van der Waals surface area contributed by atoms with Crippen LogP contribution in [-0.2, 0) is 4.79 Å². The van der Waals surface area contributed by atoms with Gasteiger partial charge in [0.2, 0.25) is 0 Å². The van der Waals surface area contributed by atoms with Crippen LogP contribution in [0.5, 0.6) is 0 Å². The van der Waals surface area contributed by atoms with Crippen LogP contribution in [0.2, 0.25) is 0 Å². The molecule has 2 aliphatic rings. The first-order valence-corrected chi connectivity index (χ1v) is 8.72. The van der Waals surface area contributed by atoms with E-state index in [0.717, 1.165) is 32.3 Å². The Balaban J connectivity index is 1.74. The van der Waals surface area contributed by atoms with Crippen molar-refractivity contribution in [3.05, 3.63) is 25.7 Å². The van der Waals surface area contributed by atoms with Gasteiger partial charge in [-0.05, 0) is 63.6 Å². The summed E-state index contributed by atoms with van der Waals surface area (Å²) in [6.07, 6.45) is 6.72. The van der Waals surface area contributed by atoms with E-state index in [1.807, 2.05) is 17.5 Å². The minimum Gasteiger partial charge on any atom is -0.301 e. The fourth-order valence-corrected chi connectivity index (χ4v) is 4.26. The predicted molar refractivity (Wildman–Crippen MR) is 85.4 cm³/mol. The summed E-state index contributed by atoms with van der Waals surface area (Å²) in [5, 5.41) is 5.64. The number of aliphatic imine (C=N–C) groups is 1. The maximum absolute atomic E-state index is 11.9. The average Bonchev–Trinajstić information content (AvgIpc) is 3.06. The molecule has 1 saturated carbocycles. The third kappa shape index (κ3) is 3.30. The summed E-state index contributed by atoms with van der Waals surface area (Å²) in [5.74, 6) is -0.0379. The van der Waals surface area contributed by atoms with E-state index in [1.54, 1.807) is 11.3 Å². The van der Waals surface area contributed by atoms with Crippen molar-refractivity contribution in [1.82, 2.24) is 5.32 Å². The topological polar surface area (TPSA) is 41.5 Å². The monoisotopic (exact) mass is 356 g/mol. The Kier molecular flexibility index (Phi) is 4.10. The van der Waals surface area contributed by atoms with E-state index in [0.29, 0.717) is 6.04 Å². The molecule has 1 N–H and O–H groups in total. The van der Waals surface area contributed by atoms with E-state index in [-0.39, 0.29) is 5.91 Å². The van der Waals surface area contributed by atoms with Crippen LogP contribution in [0.25, 0.3) is 6.08 Å². The summed E-state index contributed by atoms with van der Waals surface area (Å²) < 4.78 is 1.07. The molecule has 0 spiro atoms. The standard InChI is InChI=1S/C13H13BrN2OS2/c14-11-6-8(7-18-11)5-10-12(17)16-13(19-10)15-9-3-1-2-4-9/h5-7,9H,1-4H2,(H,15,16,17)/b10-5-. The van der Waals surface area contributed by atoms with Gasteiger partial charge in [-0.25, -0.2) is 0 Å². The third-order valence-corrected chi connectivity index (χ3v) is 5.61. The summed E-state index contributed by atoms with van der Waals surface area (Å²) in [7, 11) is 0. The Bertz CT molecular complexity index is 559. The highest BCUT2D eigenvalue weighted by Crippen LogP contribution is 2.30. The number of rotatable bonds is 2. The molecule has 3 rings (SSSR count). The van der Waals surface area contributed by atoms with E-state index in [2.05, 4.69) is 26.2 Å². The first kappa shape index (κ1) is 13.4. The Morgan fingerprint density at radius 3 is 2.89 bits per heavy atom. The van der Waals surface area contributed by atoms with Gasteiger partial charge in [-0.3, -0.25) is 9.79 Å². The van der Waals surface area contributed by atoms with Crippen LogP contribution in [0.4, 0.5) is 0 Å². The highest BCUT2D eigenvalue weighted by atomic mass is 79.9. The zero-order valence-corrected chi connectivity index (χ0v) is 13.4. The van der Waals surface area contributed by atoms with Gasteiger partial charge in [-0.2, -0.15) is 0 Å². The number of thiophene rings is 1. The number of amides is 1. The second-order valence-corrected chi connectivity index (χ2v) is 7.94. The normalized spacial score (nSPS) is 24.6. The molecule has 1 aromatic heterocycles. The molecule has 100 valence electrons. The van der Waals surface area contributed by atoms with Gasteiger partial charge in [0, 0.05) is 0 Å². The van der Waals surface area contributed by atoms with Gasteiger partial charge in [0.15, 0.2) is 5.17 Å². The number of halogens is 1. The lowest BCUT2D eigenvalue weighted by atomic mass is 10.3. The molecule has 0 bridgehead atoms. The van der Waals surface area contributed by atoms with Gasteiger partial charge in [0.05, 0.1) is 14.7 Å². The molecule has 1 aliphatic carbocycles. The van der Waals surface area contributed by atoms with Gasteiger partial charge in [-0.15, -0.1) is 11.3 Å². The van der Waals surface area contributed by atoms with Crippen LogP contribution in [0, 0.1) is 0 Å². The SMILES string of the molecule is O=C1NC(=NC2CCCC2)S/C1=C\c1csc(Br)c1. The fourth-order valence-electron chi connectivity index (χ4n) is 2.24. The van der Waals surface area contributed by atoms with E-state index in [1.165, 1.54) is 24.6 Å². The molecule has 0 unspecified atom stereocenters. The molecular weight excluding hydrogens is 344 g/mol. The van der Waals surface area contributed by atoms with E-state index >= 15 is 0 Å². The smallest absolute Gasteiger partial charge is 0.264 e. The number of hydrogen-bond donors (Lipinski definition) is 1. The number of thioether (sulfide) groups is 1. The lowest BCUT2D eigenvalue weighted by Crippen LogP contribution is -2.21. The minimum atomic E-state index is -0.0379. The third-order valence-electron chi connectivity index (χ3n) is 3.16. The van der Waals surface area contributed by atoms with E-state index < -0.39 is 0 Å². The first-order chi connectivity index (χ1) is 9.20. The van der Waals surface area contributed by atoms with Gasteiger partial charge < -0.3 is 5.32 Å². The highest BCUT2D eigenvalue weighted by Gasteiger charge is 2.25. The molecule has 0 radical (unpaired) electrons. The van der Waals surface area contributed by atoms with Crippen molar-refractivity contribution in [2.24, 2.45) is 4.99 Å². The van der Waals surface area contributed by atoms with Crippen molar-refractivity contribution >= 4 is 56.2 Å². The van der Waals surface area contributed by atoms with Crippen LogP contribution in [-0.4, -0.2) is 17.1 Å². The maximum Gasteiger partial charge on any atom is 0.264 e. The number of carbonyl (C=O) groups is 1. The number of nitrogens with zero attached hydrogens (tertiary/aromatic N) is 1. The highest BCUT2D eigenvalue weighted by molar-refractivity contribution is 9.11. The van der Waals surface area contributed by atoms with Crippen molar-refractivity contribution in [3.8, 4) is 0 Å². The number of carbonyl (C=O) groups excluding carboxylic acids is 1. The van der Waals surface area contributed by atoms with Crippen LogP contribution < -0.4 is 5.32 Å². The van der Waals surface area contributed by atoms with Gasteiger partial charge in [-0.1, -0.05) is 12.8 Å². The maximum atomic E-state index is 11.9. The predicted octanol–water partition coefficient (Wildman–Crippen LogP) is 4.01. The molecule has 2 fully saturated rings.